The van der Waals surface area contributed by atoms with Gasteiger partial charge in [0.05, 0.1) is 12.1 Å². The second-order valence-corrected chi connectivity index (χ2v) is 7.22. The molecule has 0 spiro atoms. The zero-order valence-electron chi connectivity index (χ0n) is 15.3. The highest BCUT2D eigenvalue weighted by Gasteiger charge is 2.26. The molecule has 0 atom stereocenters. The van der Waals surface area contributed by atoms with Gasteiger partial charge in [0.15, 0.2) is 0 Å². The van der Waals surface area contributed by atoms with E-state index in [0.717, 1.165) is 12.3 Å². The van der Waals surface area contributed by atoms with Crippen molar-refractivity contribution in [3.63, 3.8) is 0 Å². The molecule has 2 fully saturated rings. The Kier molecular flexibility index (Phi) is 7.97. The lowest BCUT2D eigenvalue weighted by molar-refractivity contribution is -0.133. The first-order valence-electron chi connectivity index (χ1n) is 9.52. The van der Waals surface area contributed by atoms with Gasteiger partial charge in [-0.2, -0.15) is 0 Å². The van der Waals surface area contributed by atoms with Gasteiger partial charge in [0, 0.05) is 32.6 Å². The molecular weight excluding hydrogens is 354 g/mol. The first-order valence-corrected chi connectivity index (χ1v) is 9.52. The molecule has 3 rings (SSSR count). The van der Waals surface area contributed by atoms with Crippen molar-refractivity contribution in [2.45, 2.75) is 51.5 Å². The van der Waals surface area contributed by atoms with E-state index in [1.807, 2.05) is 4.90 Å². The molecule has 1 aromatic heterocycles. The van der Waals surface area contributed by atoms with Crippen LogP contribution in [-0.4, -0.2) is 47.8 Å². The number of nitrogens with two attached hydrogens (primary N) is 1. The van der Waals surface area contributed by atoms with E-state index < -0.39 is 0 Å². The first-order chi connectivity index (χ1) is 12.2. The van der Waals surface area contributed by atoms with E-state index in [9.17, 15) is 9.59 Å². The second kappa shape index (κ2) is 9.97. The minimum Gasteiger partial charge on any atom is -0.467 e. The molecule has 2 heterocycles. The summed E-state index contributed by atoms with van der Waals surface area (Å²) >= 11 is 0. The van der Waals surface area contributed by atoms with Crippen molar-refractivity contribution in [3.05, 3.63) is 23.7 Å². The van der Waals surface area contributed by atoms with Crippen LogP contribution in [0.5, 0.6) is 0 Å². The number of hydrogen-bond acceptors (Lipinski definition) is 4. The van der Waals surface area contributed by atoms with Crippen molar-refractivity contribution >= 4 is 24.2 Å². The van der Waals surface area contributed by atoms with Gasteiger partial charge in [-0.1, -0.05) is 32.1 Å². The van der Waals surface area contributed by atoms with Crippen LogP contribution in [0.15, 0.2) is 16.7 Å². The number of carbonyl (C=O) groups is 2. The zero-order chi connectivity index (χ0) is 17.6. The molecule has 2 N–H and O–H groups in total. The van der Waals surface area contributed by atoms with Crippen molar-refractivity contribution in [1.29, 1.82) is 0 Å². The number of piperazine rings is 1. The van der Waals surface area contributed by atoms with Gasteiger partial charge in [-0.05, 0) is 18.4 Å². The van der Waals surface area contributed by atoms with Gasteiger partial charge < -0.3 is 20.0 Å². The number of rotatable bonds is 5. The molecule has 6 nitrogen and oxygen atoms in total. The molecular formula is C19H30ClN3O3. The molecule has 26 heavy (non-hydrogen) atoms. The van der Waals surface area contributed by atoms with E-state index in [-0.39, 0.29) is 30.8 Å². The van der Waals surface area contributed by atoms with Crippen LogP contribution in [0, 0.1) is 5.92 Å². The van der Waals surface area contributed by atoms with Crippen molar-refractivity contribution in [3.8, 4) is 0 Å². The van der Waals surface area contributed by atoms with Crippen LogP contribution in [-0.2, 0) is 11.3 Å². The Balaban J connectivity index is 0.00000243. The number of halogens is 1. The summed E-state index contributed by atoms with van der Waals surface area (Å²) in [6.45, 7) is 2.69. The van der Waals surface area contributed by atoms with Crippen LogP contribution in [0.2, 0.25) is 0 Å². The summed E-state index contributed by atoms with van der Waals surface area (Å²) < 4.78 is 5.24. The molecule has 1 aliphatic carbocycles. The van der Waals surface area contributed by atoms with Crippen LogP contribution in [0.1, 0.15) is 61.1 Å². The number of nitrogens with zero attached hydrogens (tertiary/aromatic N) is 2. The van der Waals surface area contributed by atoms with Gasteiger partial charge in [-0.3, -0.25) is 9.59 Å². The van der Waals surface area contributed by atoms with E-state index in [1.165, 1.54) is 38.4 Å². The maximum Gasteiger partial charge on any atom is 0.257 e. The summed E-state index contributed by atoms with van der Waals surface area (Å²) in [5, 5.41) is 0. The molecule has 1 aliphatic heterocycles. The maximum atomic E-state index is 12.5. The van der Waals surface area contributed by atoms with Crippen molar-refractivity contribution in [2.75, 3.05) is 26.2 Å². The predicted octanol–water partition coefficient (Wildman–Crippen LogP) is 2.81. The predicted molar refractivity (Wildman–Crippen MR) is 102 cm³/mol. The van der Waals surface area contributed by atoms with Crippen molar-refractivity contribution in [1.82, 2.24) is 9.80 Å². The Labute approximate surface area is 161 Å². The molecule has 146 valence electrons. The summed E-state index contributed by atoms with van der Waals surface area (Å²) in [6.07, 6.45) is 9.69. The van der Waals surface area contributed by atoms with E-state index in [0.29, 0.717) is 43.9 Å². The lowest BCUT2D eigenvalue weighted by atomic mass is 9.86. The quantitative estimate of drug-likeness (QED) is 0.847. The highest BCUT2D eigenvalue weighted by Crippen LogP contribution is 2.27. The fourth-order valence-corrected chi connectivity index (χ4v) is 3.90. The summed E-state index contributed by atoms with van der Waals surface area (Å²) in [6, 6.07) is 1.70. The Bertz CT molecular complexity index is 591. The van der Waals surface area contributed by atoms with Gasteiger partial charge in [-0.25, -0.2) is 0 Å². The largest absolute Gasteiger partial charge is 0.467 e. The second-order valence-electron chi connectivity index (χ2n) is 7.22. The van der Waals surface area contributed by atoms with Gasteiger partial charge in [0.1, 0.15) is 12.0 Å². The van der Waals surface area contributed by atoms with Crippen molar-refractivity contribution < 1.29 is 14.0 Å². The smallest absolute Gasteiger partial charge is 0.257 e. The number of hydrogen-bond donors (Lipinski definition) is 1. The number of amides is 2. The Hall–Kier alpha value is -1.53. The monoisotopic (exact) mass is 383 g/mol. The molecule has 1 saturated heterocycles. The third-order valence-corrected chi connectivity index (χ3v) is 5.51. The number of carbonyl (C=O) groups excluding carboxylic acids is 2. The molecule has 1 saturated carbocycles. The van der Waals surface area contributed by atoms with Gasteiger partial charge in [-0.15, -0.1) is 12.4 Å². The minimum atomic E-state index is -0.0437. The van der Waals surface area contributed by atoms with Crippen molar-refractivity contribution in [2.24, 2.45) is 11.7 Å². The average molecular weight is 384 g/mol. The third kappa shape index (κ3) is 5.24. The average Bonchev–Trinajstić information content (AvgIpc) is 3.16. The third-order valence-electron chi connectivity index (χ3n) is 5.51. The fourth-order valence-electron chi connectivity index (χ4n) is 3.90. The molecule has 2 amide bonds. The summed E-state index contributed by atoms with van der Waals surface area (Å²) in [5.41, 5.74) is 6.05. The lowest BCUT2D eigenvalue weighted by Gasteiger charge is -2.35. The van der Waals surface area contributed by atoms with Gasteiger partial charge >= 0.3 is 0 Å². The van der Waals surface area contributed by atoms with E-state index in [1.54, 1.807) is 11.0 Å². The zero-order valence-corrected chi connectivity index (χ0v) is 16.1. The van der Waals surface area contributed by atoms with Crippen LogP contribution in [0.4, 0.5) is 0 Å². The Morgan fingerprint density at radius 2 is 1.73 bits per heavy atom. The SMILES string of the molecule is Cl.NCc1cc(C(=O)N2CCN(C(=O)CCC3CCCCC3)CC2)co1. The Morgan fingerprint density at radius 1 is 1.08 bits per heavy atom. The summed E-state index contributed by atoms with van der Waals surface area (Å²) in [4.78, 5) is 28.6. The topological polar surface area (TPSA) is 79.8 Å². The lowest BCUT2D eigenvalue weighted by Crippen LogP contribution is -2.50. The first kappa shape index (κ1) is 20.8. The molecule has 0 unspecified atom stereocenters. The standard InChI is InChI=1S/C19H29N3O3.ClH/c20-13-17-12-16(14-25-17)19(24)22-10-8-21(9-11-22)18(23)7-6-15-4-2-1-3-5-15;/h12,14-15H,1-11,13,20H2;1H. The molecule has 7 heteroatoms. The van der Waals surface area contributed by atoms with Crippen LogP contribution < -0.4 is 5.73 Å². The molecule has 1 aromatic rings. The Morgan fingerprint density at radius 3 is 2.35 bits per heavy atom. The summed E-state index contributed by atoms with van der Waals surface area (Å²) in [7, 11) is 0. The van der Waals surface area contributed by atoms with E-state index in [2.05, 4.69) is 0 Å². The molecule has 0 radical (unpaired) electrons. The van der Waals surface area contributed by atoms with Gasteiger partial charge in [0.25, 0.3) is 5.91 Å². The minimum absolute atomic E-state index is 0. The normalized spacial score (nSPS) is 18.5. The van der Waals surface area contributed by atoms with E-state index in [4.69, 9.17) is 10.2 Å². The van der Waals surface area contributed by atoms with Gasteiger partial charge in [0.2, 0.25) is 5.91 Å². The van der Waals surface area contributed by atoms with Crippen LogP contribution in [0.25, 0.3) is 0 Å². The molecule has 2 aliphatic rings. The highest BCUT2D eigenvalue weighted by molar-refractivity contribution is 5.94. The fraction of sp³-hybridized carbons (Fsp3) is 0.684. The van der Waals surface area contributed by atoms with E-state index >= 15 is 0 Å². The van der Waals surface area contributed by atoms with Crippen LogP contribution >= 0.6 is 12.4 Å². The molecule has 0 aromatic carbocycles. The summed E-state index contributed by atoms with van der Waals surface area (Å²) in [5.74, 6) is 1.54. The highest BCUT2D eigenvalue weighted by atomic mass is 35.5. The maximum absolute atomic E-state index is 12.5. The van der Waals surface area contributed by atoms with Crippen LogP contribution in [0.3, 0.4) is 0 Å². The molecule has 0 bridgehead atoms. The number of furan rings is 1.